The van der Waals surface area contributed by atoms with Gasteiger partial charge >= 0.3 is 0 Å². The number of benzene rings is 2. The van der Waals surface area contributed by atoms with Gasteiger partial charge in [-0.1, -0.05) is 37.3 Å². The Kier molecular flexibility index (Phi) is 3.78. The van der Waals surface area contributed by atoms with E-state index in [9.17, 15) is 0 Å². The number of hydrogen-bond acceptors (Lipinski definition) is 1. The Hall–Kier alpha value is -1.03. The molecule has 1 heterocycles. The summed E-state index contributed by atoms with van der Waals surface area (Å²) in [6.45, 7) is 4.51. The maximum Gasteiger partial charge on any atom is 0.0429 e. The van der Waals surface area contributed by atoms with Crippen LogP contribution in [-0.4, -0.2) is 6.54 Å². The minimum Gasteiger partial charge on any atom is -0.367 e. The predicted octanol–water partition coefficient (Wildman–Crippen LogP) is 4.49. The maximum absolute atomic E-state index is 2.52. The summed E-state index contributed by atoms with van der Waals surface area (Å²) in [6.07, 6.45) is 1.21. The van der Waals surface area contributed by atoms with Crippen LogP contribution >= 0.6 is 22.6 Å². The van der Waals surface area contributed by atoms with Gasteiger partial charge < -0.3 is 4.90 Å². The zero-order chi connectivity index (χ0) is 13.2. The highest BCUT2D eigenvalue weighted by molar-refractivity contribution is 14.1. The summed E-state index contributed by atoms with van der Waals surface area (Å²) in [7, 11) is 0. The second-order valence-electron chi connectivity index (χ2n) is 5.44. The SMILES string of the molecule is CC1Cc2ccccc2N(Cc2ccc(I)cc2)C1. The van der Waals surface area contributed by atoms with Gasteiger partial charge in [-0.25, -0.2) is 0 Å². The molecule has 0 aromatic heterocycles. The third kappa shape index (κ3) is 2.94. The fraction of sp³-hybridized carbons (Fsp3) is 0.294. The summed E-state index contributed by atoms with van der Waals surface area (Å²) in [5.74, 6) is 0.735. The average Bonchev–Trinajstić information content (AvgIpc) is 2.41. The van der Waals surface area contributed by atoms with Gasteiger partial charge in [-0.15, -0.1) is 0 Å². The van der Waals surface area contributed by atoms with Gasteiger partial charge in [0.2, 0.25) is 0 Å². The Balaban J connectivity index is 1.86. The number of nitrogens with zero attached hydrogens (tertiary/aromatic N) is 1. The Labute approximate surface area is 128 Å². The Bertz CT molecular complexity index is 562. The molecular formula is C17H18IN. The first-order valence-electron chi connectivity index (χ1n) is 6.79. The van der Waals surface area contributed by atoms with E-state index < -0.39 is 0 Å². The summed E-state index contributed by atoms with van der Waals surface area (Å²) in [5, 5.41) is 0. The second kappa shape index (κ2) is 5.53. The first kappa shape index (κ1) is 13.0. The maximum atomic E-state index is 2.52. The van der Waals surface area contributed by atoms with Crippen LogP contribution in [0, 0.1) is 9.49 Å². The van der Waals surface area contributed by atoms with Crippen molar-refractivity contribution < 1.29 is 0 Å². The molecule has 0 saturated heterocycles. The highest BCUT2D eigenvalue weighted by Crippen LogP contribution is 2.30. The highest BCUT2D eigenvalue weighted by Gasteiger charge is 2.21. The molecular weight excluding hydrogens is 345 g/mol. The van der Waals surface area contributed by atoms with Crippen molar-refractivity contribution in [1.29, 1.82) is 0 Å². The molecule has 0 aliphatic carbocycles. The Morgan fingerprint density at radius 2 is 1.84 bits per heavy atom. The lowest BCUT2D eigenvalue weighted by atomic mass is 9.93. The standard InChI is InChI=1S/C17H18IN/c1-13-10-15-4-2-3-5-17(15)19(11-13)12-14-6-8-16(18)9-7-14/h2-9,13H,10-12H2,1H3. The van der Waals surface area contributed by atoms with Crippen LogP contribution in [0.1, 0.15) is 18.1 Å². The fourth-order valence-corrected chi connectivity index (χ4v) is 3.23. The summed E-state index contributed by atoms with van der Waals surface area (Å²) < 4.78 is 1.30. The zero-order valence-electron chi connectivity index (χ0n) is 11.1. The molecule has 0 spiro atoms. The van der Waals surface area contributed by atoms with Gasteiger partial charge in [-0.05, 0) is 64.3 Å². The molecule has 1 aliphatic rings. The van der Waals surface area contributed by atoms with Gasteiger partial charge in [-0.2, -0.15) is 0 Å². The van der Waals surface area contributed by atoms with E-state index >= 15 is 0 Å². The Morgan fingerprint density at radius 3 is 2.63 bits per heavy atom. The monoisotopic (exact) mass is 363 g/mol. The summed E-state index contributed by atoms with van der Waals surface area (Å²) in [4.78, 5) is 2.52. The number of halogens is 1. The van der Waals surface area contributed by atoms with E-state index in [1.807, 2.05) is 0 Å². The number of rotatable bonds is 2. The minimum absolute atomic E-state index is 0.735. The predicted molar refractivity (Wildman–Crippen MR) is 89.5 cm³/mol. The first-order valence-corrected chi connectivity index (χ1v) is 7.87. The van der Waals surface area contributed by atoms with E-state index in [-0.39, 0.29) is 0 Å². The Morgan fingerprint density at radius 1 is 1.11 bits per heavy atom. The third-order valence-electron chi connectivity index (χ3n) is 3.72. The number of para-hydroxylation sites is 1. The van der Waals surface area contributed by atoms with E-state index in [1.165, 1.54) is 26.8 Å². The van der Waals surface area contributed by atoms with Crippen molar-refractivity contribution in [3.05, 3.63) is 63.2 Å². The summed E-state index contributed by atoms with van der Waals surface area (Å²) >= 11 is 2.36. The minimum atomic E-state index is 0.735. The van der Waals surface area contributed by atoms with Crippen LogP contribution in [0.25, 0.3) is 0 Å². The molecule has 0 bridgehead atoms. The van der Waals surface area contributed by atoms with Crippen LogP contribution in [0.15, 0.2) is 48.5 Å². The zero-order valence-corrected chi connectivity index (χ0v) is 13.3. The molecule has 19 heavy (non-hydrogen) atoms. The second-order valence-corrected chi connectivity index (χ2v) is 6.69. The molecule has 0 N–H and O–H groups in total. The van der Waals surface area contributed by atoms with E-state index in [4.69, 9.17) is 0 Å². The van der Waals surface area contributed by atoms with Crippen LogP contribution in [0.4, 0.5) is 5.69 Å². The lowest BCUT2D eigenvalue weighted by Crippen LogP contribution is -2.33. The normalized spacial score (nSPS) is 18.2. The van der Waals surface area contributed by atoms with Crippen molar-refractivity contribution in [1.82, 2.24) is 0 Å². The molecule has 2 heteroatoms. The van der Waals surface area contributed by atoms with E-state index in [2.05, 4.69) is 82.9 Å². The molecule has 1 aliphatic heterocycles. The van der Waals surface area contributed by atoms with Crippen LogP contribution < -0.4 is 4.90 Å². The van der Waals surface area contributed by atoms with Crippen LogP contribution in [0.2, 0.25) is 0 Å². The first-order chi connectivity index (χ1) is 9.22. The largest absolute Gasteiger partial charge is 0.367 e. The average molecular weight is 363 g/mol. The summed E-state index contributed by atoms with van der Waals surface area (Å²) in [6, 6.07) is 17.7. The molecule has 3 rings (SSSR count). The molecule has 1 unspecified atom stereocenters. The van der Waals surface area contributed by atoms with Crippen LogP contribution in [0.5, 0.6) is 0 Å². The number of hydrogen-bond donors (Lipinski definition) is 0. The molecule has 0 fully saturated rings. The van der Waals surface area contributed by atoms with E-state index in [1.54, 1.807) is 0 Å². The van der Waals surface area contributed by atoms with Crippen molar-refractivity contribution in [3.8, 4) is 0 Å². The molecule has 98 valence electrons. The van der Waals surface area contributed by atoms with E-state index in [0.29, 0.717) is 0 Å². The third-order valence-corrected chi connectivity index (χ3v) is 4.44. The van der Waals surface area contributed by atoms with Gasteiger partial charge in [0.05, 0.1) is 0 Å². The smallest absolute Gasteiger partial charge is 0.0429 e. The quantitative estimate of drug-likeness (QED) is 0.711. The van der Waals surface area contributed by atoms with Gasteiger partial charge in [0.1, 0.15) is 0 Å². The lowest BCUT2D eigenvalue weighted by molar-refractivity contribution is 0.530. The molecule has 0 saturated carbocycles. The highest BCUT2D eigenvalue weighted by atomic mass is 127. The molecule has 2 aromatic rings. The van der Waals surface area contributed by atoms with Crippen molar-refractivity contribution in [2.45, 2.75) is 19.9 Å². The van der Waals surface area contributed by atoms with Crippen molar-refractivity contribution >= 4 is 28.3 Å². The van der Waals surface area contributed by atoms with Gasteiger partial charge in [0.15, 0.2) is 0 Å². The molecule has 1 atom stereocenters. The summed E-state index contributed by atoms with van der Waals surface area (Å²) in [5.41, 5.74) is 4.30. The molecule has 1 nitrogen and oxygen atoms in total. The molecule has 0 radical (unpaired) electrons. The number of fused-ring (bicyclic) bond motifs is 1. The topological polar surface area (TPSA) is 3.24 Å². The van der Waals surface area contributed by atoms with Gasteiger partial charge in [0.25, 0.3) is 0 Å². The van der Waals surface area contributed by atoms with Crippen LogP contribution in [-0.2, 0) is 13.0 Å². The number of anilines is 1. The van der Waals surface area contributed by atoms with Gasteiger partial charge in [0, 0.05) is 22.3 Å². The fourth-order valence-electron chi connectivity index (χ4n) is 2.87. The van der Waals surface area contributed by atoms with Crippen LogP contribution in [0.3, 0.4) is 0 Å². The van der Waals surface area contributed by atoms with E-state index in [0.717, 1.165) is 19.0 Å². The van der Waals surface area contributed by atoms with Crippen molar-refractivity contribution in [2.75, 3.05) is 11.4 Å². The lowest BCUT2D eigenvalue weighted by Gasteiger charge is -2.35. The van der Waals surface area contributed by atoms with Crippen molar-refractivity contribution in [2.24, 2.45) is 5.92 Å². The van der Waals surface area contributed by atoms with Crippen molar-refractivity contribution in [3.63, 3.8) is 0 Å². The molecule has 0 amide bonds. The van der Waals surface area contributed by atoms with Gasteiger partial charge in [-0.3, -0.25) is 0 Å². The molecule has 2 aromatic carbocycles.